The highest BCUT2D eigenvalue weighted by atomic mass is 35.5. The molecular formula is C33H39ClN4O2. The maximum atomic E-state index is 13.9. The minimum absolute atomic E-state index is 0.0131. The van der Waals surface area contributed by atoms with Crippen LogP contribution in [0.1, 0.15) is 35.4 Å². The number of benzene rings is 3. The van der Waals surface area contributed by atoms with Gasteiger partial charge in [-0.2, -0.15) is 0 Å². The van der Waals surface area contributed by atoms with Crippen LogP contribution >= 0.6 is 11.6 Å². The summed E-state index contributed by atoms with van der Waals surface area (Å²) in [7, 11) is 4.04. The van der Waals surface area contributed by atoms with Crippen LogP contribution in [0.15, 0.2) is 91.0 Å². The third-order valence-electron chi connectivity index (χ3n) is 7.29. The van der Waals surface area contributed by atoms with Crippen LogP contribution in [-0.2, 0) is 9.59 Å². The highest BCUT2D eigenvalue weighted by molar-refractivity contribution is 6.30. The average molecular weight is 559 g/mol. The van der Waals surface area contributed by atoms with Crippen molar-refractivity contribution in [2.45, 2.75) is 30.8 Å². The molecule has 1 fully saturated rings. The summed E-state index contributed by atoms with van der Waals surface area (Å²) in [6, 6.07) is 27.8. The van der Waals surface area contributed by atoms with Crippen LogP contribution < -0.4 is 10.6 Å². The molecule has 2 atom stereocenters. The minimum atomic E-state index is -0.316. The SMILES string of the molecule is CN(C)CC[C@H]1N[C@@H](CNC(=O)/C=C/c2ccc(Cl)cc2)CCN(CC(c2ccccc2)c2ccccc2)C1=O. The summed E-state index contributed by atoms with van der Waals surface area (Å²) in [6.07, 6.45) is 4.75. The van der Waals surface area contributed by atoms with Crippen LogP contribution in [0, 0.1) is 0 Å². The van der Waals surface area contributed by atoms with Crippen molar-refractivity contribution in [3.8, 4) is 0 Å². The lowest BCUT2D eigenvalue weighted by molar-refractivity contribution is -0.133. The molecule has 7 heteroatoms. The quantitative estimate of drug-likeness (QED) is 0.331. The van der Waals surface area contributed by atoms with Gasteiger partial charge in [-0.25, -0.2) is 0 Å². The fourth-order valence-corrected chi connectivity index (χ4v) is 5.17. The van der Waals surface area contributed by atoms with Gasteiger partial charge in [-0.05, 0) is 68.4 Å². The van der Waals surface area contributed by atoms with Crippen molar-refractivity contribution < 1.29 is 9.59 Å². The van der Waals surface area contributed by atoms with Gasteiger partial charge >= 0.3 is 0 Å². The molecule has 40 heavy (non-hydrogen) atoms. The second kappa shape index (κ2) is 14.8. The maximum Gasteiger partial charge on any atom is 0.244 e. The topological polar surface area (TPSA) is 64.7 Å². The Kier molecular flexibility index (Phi) is 10.9. The minimum Gasteiger partial charge on any atom is -0.351 e. The van der Waals surface area contributed by atoms with Crippen LogP contribution in [0.25, 0.3) is 6.08 Å². The molecule has 1 aliphatic rings. The third kappa shape index (κ3) is 8.78. The second-order valence-corrected chi connectivity index (χ2v) is 11.0. The van der Waals surface area contributed by atoms with Crippen LogP contribution in [0.2, 0.25) is 5.02 Å². The first-order chi connectivity index (χ1) is 19.4. The summed E-state index contributed by atoms with van der Waals surface area (Å²) < 4.78 is 0. The lowest BCUT2D eigenvalue weighted by atomic mass is 9.90. The Bertz CT molecular complexity index is 1210. The van der Waals surface area contributed by atoms with Gasteiger partial charge in [0.1, 0.15) is 0 Å². The van der Waals surface area contributed by atoms with Crippen molar-refractivity contribution in [1.82, 2.24) is 20.4 Å². The van der Waals surface area contributed by atoms with Crippen molar-refractivity contribution in [1.29, 1.82) is 0 Å². The van der Waals surface area contributed by atoms with Gasteiger partial charge in [-0.1, -0.05) is 84.4 Å². The average Bonchev–Trinajstić information content (AvgIpc) is 3.12. The number of hydrogen-bond donors (Lipinski definition) is 2. The van der Waals surface area contributed by atoms with E-state index >= 15 is 0 Å². The Morgan fingerprint density at radius 2 is 1.65 bits per heavy atom. The summed E-state index contributed by atoms with van der Waals surface area (Å²) >= 11 is 5.95. The molecule has 0 aromatic heterocycles. The number of nitrogens with zero attached hydrogens (tertiary/aromatic N) is 2. The van der Waals surface area contributed by atoms with E-state index in [4.69, 9.17) is 11.6 Å². The molecule has 4 rings (SSSR count). The maximum absolute atomic E-state index is 13.9. The van der Waals surface area contributed by atoms with Gasteiger partial charge in [0.2, 0.25) is 11.8 Å². The number of nitrogens with one attached hydrogen (secondary N) is 2. The van der Waals surface area contributed by atoms with Crippen LogP contribution in [-0.4, -0.2) is 74.0 Å². The van der Waals surface area contributed by atoms with Crippen molar-refractivity contribution in [3.05, 3.63) is 113 Å². The first-order valence-corrected chi connectivity index (χ1v) is 14.3. The van der Waals surface area contributed by atoms with E-state index in [-0.39, 0.29) is 29.8 Å². The van der Waals surface area contributed by atoms with Gasteiger partial charge < -0.3 is 20.4 Å². The normalized spacial score (nSPS) is 17.9. The molecule has 210 valence electrons. The van der Waals surface area contributed by atoms with Crippen molar-refractivity contribution >= 4 is 29.5 Å². The molecule has 1 heterocycles. The molecule has 2 N–H and O–H groups in total. The van der Waals surface area contributed by atoms with Crippen LogP contribution in [0.5, 0.6) is 0 Å². The zero-order valence-electron chi connectivity index (χ0n) is 23.3. The summed E-state index contributed by atoms with van der Waals surface area (Å²) in [4.78, 5) is 30.5. The van der Waals surface area contributed by atoms with Crippen molar-refractivity contribution in [2.75, 3.05) is 40.3 Å². The molecule has 3 aromatic rings. The van der Waals surface area contributed by atoms with E-state index in [9.17, 15) is 9.59 Å². The van der Waals surface area contributed by atoms with Gasteiger partial charge in [-0.3, -0.25) is 9.59 Å². The summed E-state index contributed by atoms with van der Waals surface area (Å²) in [5.74, 6) is 0.0347. The lowest BCUT2D eigenvalue weighted by Gasteiger charge is -2.29. The Morgan fingerprint density at radius 3 is 2.25 bits per heavy atom. The first-order valence-electron chi connectivity index (χ1n) is 13.9. The van der Waals surface area contributed by atoms with E-state index in [1.807, 2.05) is 43.3 Å². The molecular weight excluding hydrogens is 520 g/mol. The Hall–Kier alpha value is -3.45. The molecule has 0 radical (unpaired) electrons. The molecule has 6 nitrogen and oxygen atoms in total. The molecule has 0 spiro atoms. The summed E-state index contributed by atoms with van der Waals surface area (Å²) in [5, 5.41) is 7.24. The zero-order valence-corrected chi connectivity index (χ0v) is 24.1. The monoisotopic (exact) mass is 558 g/mol. The lowest BCUT2D eigenvalue weighted by Crippen LogP contribution is -2.50. The standard InChI is InChI=1S/C33H39ClN4O2/c1-37(2)21-20-31-33(40)38(24-30(26-9-5-3-6-10-26)27-11-7-4-8-12-27)22-19-29(36-31)23-35-32(39)18-15-25-13-16-28(34)17-14-25/h3-18,29-31,36H,19-24H2,1-2H3,(H,35,39)/b18-15+/t29-,31-/m1/s1. The summed E-state index contributed by atoms with van der Waals surface area (Å²) in [6.45, 7) is 2.47. The van der Waals surface area contributed by atoms with Crippen LogP contribution in [0.3, 0.4) is 0 Å². The molecule has 0 saturated carbocycles. The Labute approximate surface area is 243 Å². The van der Waals surface area contributed by atoms with Gasteiger partial charge in [0, 0.05) is 42.7 Å². The fourth-order valence-electron chi connectivity index (χ4n) is 5.04. The number of carbonyl (C=O) groups excluding carboxylic acids is 2. The number of hydrogen-bond acceptors (Lipinski definition) is 4. The highest BCUT2D eigenvalue weighted by Gasteiger charge is 2.32. The van der Waals surface area contributed by atoms with Gasteiger partial charge in [0.25, 0.3) is 0 Å². The van der Waals surface area contributed by atoms with E-state index in [1.165, 1.54) is 17.2 Å². The predicted molar refractivity (Wildman–Crippen MR) is 163 cm³/mol. The molecule has 3 aromatic carbocycles. The number of amides is 2. The number of halogens is 1. The Morgan fingerprint density at radius 1 is 1.02 bits per heavy atom. The molecule has 0 bridgehead atoms. The fraction of sp³-hybridized carbons (Fsp3) is 0.333. The van der Waals surface area contributed by atoms with Gasteiger partial charge in [0.15, 0.2) is 0 Å². The highest BCUT2D eigenvalue weighted by Crippen LogP contribution is 2.27. The predicted octanol–water partition coefficient (Wildman–Crippen LogP) is 4.81. The second-order valence-electron chi connectivity index (χ2n) is 10.6. The number of rotatable bonds is 11. The molecule has 1 aliphatic heterocycles. The van der Waals surface area contributed by atoms with Gasteiger partial charge in [-0.15, -0.1) is 0 Å². The van der Waals surface area contributed by atoms with E-state index in [2.05, 4.69) is 64.1 Å². The van der Waals surface area contributed by atoms with E-state index < -0.39 is 0 Å². The van der Waals surface area contributed by atoms with Crippen molar-refractivity contribution in [3.63, 3.8) is 0 Å². The zero-order chi connectivity index (χ0) is 28.3. The molecule has 0 unspecified atom stereocenters. The van der Waals surface area contributed by atoms with E-state index in [1.54, 1.807) is 18.2 Å². The molecule has 0 aliphatic carbocycles. The molecule has 2 amide bonds. The first kappa shape index (κ1) is 29.5. The largest absolute Gasteiger partial charge is 0.351 e. The number of carbonyl (C=O) groups is 2. The van der Waals surface area contributed by atoms with E-state index in [0.29, 0.717) is 31.1 Å². The third-order valence-corrected chi connectivity index (χ3v) is 7.54. The summed E-state index contributed by atoms with van der Waals surface area (Å²) in [5.41, 5.74) is 3.29. The van der Waals surface area contributed by atoms with Crippen molar-refractivity contribution in [2.24, 2.45) is 0 Å². The van der Waals surface area contributed by atoms with E-state index in [0.717, 1.165) is 18.5 Å². The smallest absolute Gasteiger partial charge is 0.244 e. The van der Waals surface area contributed by atoms with Crippen LogP contribution in [0.4, 0.5) is 0 Å². The van der Waals surface area contributed by atoms with Gasteiger partial charge in [0.05, 0.1) is 6.04 Å². The Balaban J connectivity index is 1.45. The molecule has 1 saturated heterocycles.